The molecule has 0 saturated heterocycles. The Hall–Kier alpha value is -0.810. The van der Waals surface area contributed by atoms with E-state index in [2.05, 4.69) is 15.6 Å². The highest BCUT2D eigenvalue weighted by Crippen LogP contribution is 1.99. The van der Waals surface area contributed by atoms with Crippen LogP contribution in [0.3, 0.4) is 0 Å². The Kier molecular flexibility index (Phi) is 11.3. The second-order valence-corrected chi connectivity index (χ2v) is 6.85. The summed E-state index contributed by atoms with van der Waals surface area (Å²) in [5, 5.41) is 6.35. The van der Waals surface area contributed by atoms with Gasteiger partial charge in [-0.25, -0.2) is 12.7 Å². The van der Waals surface area contributed by atoms with Crippen molar-refractivity contribution in [3.05, 3.63) is 24.2 Å². The van der Waals surface area contributed by atoms with E-state index in [-0.39, 0.29) is 24.0 Å². The molecule has 1 aromatic rings. The molecule has 2 N–H and O–H groups in total. The molecule has 9 heteroatoms. The smallest absolute Gasteiger partial charge is 0.211 e. The highest BCUT2D eigenvalue weighted by atomic mass is 127. The largest absolute Gasteiger partial charge is 0.469 e. The van der Waals surface area contributed by atoms with Crippen LogP contribution in [0.2, 0.25) is 0 Å². The number of sulfonamides is 1. The van der Waals surface area contributed by atoms with Crippen LogP contribution >= 0.6 is 24.0 Å². The lowest BCUT2D eigenvalue weighted by molar-refractivity contribution is 0.424. The number of rotatable bonds is 9. The lowest BCUT2D eigenvalue weighted by Gasteiger charge is -2.18. The molecular weight excluding hydrogens is 431 g/mol. The van der Waals surface area contributed by atoms with E-state index in [1.807, 2.05) is 19.1 Å². The van der Waals surface area contributed by atoms with Crippen molar-refractivity contribution in [1.29, 1.82) is 0 Å². The van der Waals surface area contributed by atoms with Gasteiger partial charge in [0.05, 0.1) is 12.5 Å². The van der Waals surface area contributed by atoms with E-state index in [1.165, 1.54) is 10.6 Å². The average molecular weight is 458 g/mol. The molecule has 0 aromatic carbocycles. The Bertz CT molecular complexity index is 546. The van der Waals surface area contributed by atoms with Crippen LogP contribution in [-0.2, 0) is 16.4 Å². The molecule has 1 rings (SSSR count). The number of halogens is 1. The van der Waals surface area contributed by atoms with Gasteiger partial charge in [-0.3, -0.25) is 4.99 Å². The van der Waals surface area contributed by atoms with Crippen molar-refractivity contribution in [2.24, 2.45) is 4.99 Å². The maximum absolute atomic E-state index is 11.5. The topological polar surface area (TPSA) is 86.9 Å². The van der Waals surface area contributed by atoms with E-state index in [1.54, 1.807) is 13.3 Å². The quantitative estimate of drug-likeness (QED) is 0.252. The average Bonchev–Trinajstić information content (AvgIpc) is 2.97. The summed E-state index contributed by atoms with van der Waals surface area (Å²) in [5.41, 5.74) is 0. The molecule has 1 aromatic heterocycles. The van der Waals surface area contributed by atoms with Gasteiger partial charge in [-0.1, -0.05) is 6.92 Å². The summed E-state index contributed by atoms with van der Waals surface area (Å²) in [6.45, 7) is 4.22. The fraction of sp³-hybridized carbons (Fsp3) is 0.643. The third-order valence-corrected chi connectivity index (χ3v) is 4.54. The zero-order valence-electron chi connectivity index (χ0n) is 13.9. The molecule has 0 radical (unpaired) electrons. The van der Waals surface area contributed by atoms with E-state index in [0.29, 0.717) is 25.6 Å². The van der Waals surface area contributed by atoms with Gasteiger partial charge in [-0.15, -0.1) is 24.0 Å². The number of aliphatic imine (C=N–C) groups is 1. The zero-order valence-corrected chi connectivity index (χ0v) is 17.1. The van der Waals surface area contributed by atoms with Crippen molar-refractivity contribution < 1.29 is 12.8 Å². The second kappa shape index (κ2) is 11.7. The monoisotopic (exact) mass is 458 g/mol. The van der Waals surface area contributed by atoms with Gasteiger partial charge in [0.1, 0.15) is 5.76 Å². The molecular formula is C14H27IN4O3S. The number of hydrogen-bond donors (Lipinski definition) is 2. The molecule has 0 unspecified atom stereocenters. The Balaban J connectivity index is 0.00000484. The van der Waals surface area contributed by atoms with Crippen molar-refractivity contribution in [3.63, 3.8) is 0 Å². The fourth-order valence-electron chi connectivity index (χ4n) is 2.00. The first-order valence-corrected chi connectivity index (χ1v) is 9.24. The van der Waals surface area contributed by atoms with Crippen molar-refractivity contribution in [2.75, 3.05) is 39.5 Å². The highest BCUT2D eigenvalue weighted by molar-refractivity contribution is 14.0. The van der Waals surface area contributed by atoms with Gasteiger partial charge in [0.2, 0.25) is 10.0 Å². The Morgan fingerprint density at radius 2 is 2.04 bits per heavy atom. The number of nitrogens with one attached hydrogen (secondary N) is 2. The Morgan fingerprint density at radius 1 is 1.35 bits per heavy atom. The molecule has 134 valence electrons. The van der Waals surface area contributed by atoms with E-state index in [0.717, 1.165) is 25.1 Å². The zero-order chi connectivity index (χ0) is 16.4. The lowest BCUT2D eigenvalue weighted by atomic mass is 10.3. The third-order valence-electron chi connectivity index (χ3n) is 3.17. The molecule has 0 atom stereocenters. The van der Waals surface area contributed by atoms with Crippen LogP contribution < -0.4 is 10.6 Å². The second-order valence-electron chi connectivity index (χ2n) is 4.86. The molecule has 0 aliphatic heterocycles. The maximum Gasteiger partial charge on any atom is 0.211 e. The summed E-state index contributed by atoms with van der Waals surface area (Å²) in [6.07, 6.45) is 4.40. The summed E-state index contributed by atoms with van der Waals surface area (Å²) >= 11 is 0. The van der Waals surface area contributed by atoms with E-state index in [9.17, 15) is 8.42 Å². The van der Waals surface area contributed by atoms with Crippen molar-refractivity contribution in [3.8, 4) is 0 Å². The van der Waals surface area contributed by atoms with Crippen LogP contribution in [0.25, 0.3) is 0 Å². The number of hydrogen-bond acceptors (Lipinski definition) is 4. The van der Waals surface area contributed by atoms with Gasteiger partial charge < -0.3 is 15.1 Å². The third kappa shape index (κ3) is 9.16. The van der Waals surface area contributed by atoms with Gasteiger partial charge >= 0.3 is 0 Å². The van der Waals surface area contributed by atoms with Crippen molar-refractivity contribution in [1.82, 2.24) is 14.9 Å². The lowest BCUT2D eigenvalue weighted by Crippen LogP contribution is -2.40. The fourth-order valence-corrected chi connectivity index (χ4v) is 2.93. The van der Waals surface area contributed by atoms with Crippen molar-refractivity contribution in [2.45, 2.75) is 19.8 Å². The standard InChI is InChI=1S/C14H26N4O3S.HI/c1-4-18(22(3,19)20)11-6-9-16-14(15-2)17-10-8-13-7-5-12-21-13;/h5,7,12H,4,6,8-11H2,1-3H3,(H2,15,16,17);1H. The maximum atomic E-state index is 11.5. The van der Waals surface area contributed by atoms with E-state index in [4.69, 9.17) is 4.42 Å². The first-order valence-electron chi connectivity index (χ1n) is 7.39. The SMILES string of the molecule is CCN(CCCNC(=NC)NCCc1ccco1)S(C)(=O)=O.I. The van der Waals surface area contributed by atoms with Crippen LogP contribution in [0.1, 0.15) is 19.1 Å². The molecule has 23 heavy (non-hydrogen) atoms. The molecule has 0 spiro atoms. The van der Waals surface area contributed by atoms with Gasteiger partial charge in [0.15, 0.2) is 5.96 Å². The van der Waals surface area contributed by atoms with Gasteiger partial charge in [-0.2, -0.15) is 0 Å². The number of nitrogens with zero attached hydrogens (tertiary/aromatic N) is 2. The molecule has 0 aliphatic carbocycles. The highest BCUT2D eigenvalue weighted by Gasteiger charge is 2.13. The van der Waals surface area contributed by atoms with Crippen LogP contribution in [0.15, 0.2) is 27.8 Å². The summed E-state index contributed by atoms with van der Waals surface area (Å²) in [6, 6.07) is 3.80. The minimum absolute atomic E-state index is 0. The van der Waals surface area contributed by atoms with Gasteiger partial charge in [-0.05, 0) is 18.6 Å². The van der Waals surface area contributed by atoms with Crippen LogP contribution in [0, 0.1) is 0 Å². The molecule has 0 amide bonds. The molecule has 0 saturated carbocycles. The predicted octanol–water partition coefficient (Wildman–Crippen LogP) is 1.28. The van der Waals surface area contributed by atoms with Gasteiger partial charge in [0.25, 0.3) is 0 Å². The molecule has 0 aliphatic rings. The molecule has 1 heterocycles. The van der Waals surface area contributed by atoms with Crippen molar-refractivity contribution >= 4 is 40.0 Å². The first-order chi connectivity index (χ1) is 10.5. The number of furan rings is 1. The Morgan fingerprint density at radius 3 is 2.57 bits per heavy atom. The minimum Gasteiger partial charge on any atom is -0.469 e. The summed E-state index contributed by atoms with van der Waals surface area (Å²) in [5.74, 6) is 1.63. The first kappa shape index (κ1) is 22.2. The predicted molar refractivity (Wildman–Crippen MR) is 104 cm³/mol. The summed E-state index contributed by atoms with van der Waals surface area (Å²) in [7, 11) is -1.41. The van der Waals surface area contributed by atoms with Crippen LogP contribution in [-0.4, -0.2) is 58.2 Å². The van der Waals surface area contributed by atoms with Crippen LogP contribution in [0.4, 0.5) is 0 Å². The number of guanidine groups is 1. The van der Waals surface area contributed by atoms with Crippen LogP contribution in [0.5, 0.6) is 0 Å². The summed E-state index contributed by atoms with van der Waals surface area (Å²) in [4.78, 5) is 4.12. The molecule has 0 bridgehead atoms. The summed E-state index contributed by atoms with van der Waals surface area (Å²) < 4.78 is 29.6. The van der Waals surface area contributed by atoms with Gasteiger partial charge in [0, 0.05) is 39.6 Å². The normalized spacial score (nSPS) is 12.1. The molecule has 7 nitrogen and oxygen atoms in total. The minimum atomic E-state index is -3.11. The Labute approximate surface area is 156 Å². The van der Waals surface area contributed by atoms with E-state index >= 15 is 0 Å². The molecule has 0 fully saturated rings. The van der Waals surface area contributed by atoms with E-state index < -0.39 is 10.0 Å².